The summed E-state index contributed by atoms with van der Waals surface area (Å²) in [5.74, 6) is 0.737. The molecule has 0 aliphatic carbocycles. The molecule has 0 unspecified atom stereocenters. The maximum atomic E-state index is 11.2. The van der Waals surface area contributed by atoms with Gasteiger partial charge in [0, 0.05) is 12.3 Å². The van der Waals surface area contributed by atoms with Gasteiger partial charge in [-0.1, -0.05) is 30.3 Å². The van der Waals surface area contributed by atoms with E-state index in [1.807, 2.05) is 30.3 Å². The molecule has 1 amide bonds. The summed E-state index contributed by atoms with van der Waals surface area (Å²) >= 11 is 4.01. The highest BCUT2D eigenvalue weighted by Gasteiger charge is 2.00. The predicted octanol–water partition coefficient (Wildman–Crippen LogP) is 1.28. The van der Waals surface area contributed by atoms with Crippen molar-refractivity contribution >= 4 is 18.5 Å². The minimum absolute atomic E-state index is 0.0558. The van der Waals surface area contributed by atoms with Gasteiger partial charge in [-0.15, -0.1) is 0 Å². The van der Waals surface area contributed by atoms with Crippen molar-refractivity contribution in [2.24, 2.45) is 0 Å². The molecule has 0 fully saturated rings. The summed E-state index contributed by atoms with van der Waals surface area (Å²) < 4.78 is 0. The van der Waals surface area contributed by atoms with Crippen molar-refractivity contribution in [1.82, 2.24) is 5.32 Å². The number of hydrogen-bond acceptors (Lipinski definition) is 2. The van der Waals surface area contributed by atoms with Crippen molar-refractivity contribution < 1.29 is 4.79 Å². The fraction of sp³-hybridized carbons (Fsp3) is 0.300. The average Bonchev–Trinajstić information content (AvgIpc) is 2.16. The summed E-state index contributed by atoms with van der Waals surface area (Å²) in [5.41, 5.74) is 1.04. The molecule has 0 aliphatic rings. The van der Waals surface area contributed by atoms with Gasteiger partial charge < -0.3 is 5.32 Å². The maximum absolute atomic E-state index is 11.2. The van der Waals surface area contributed by atoms with Crippen molar-refractivity contribution in [3.8, 4) is 0 Å². The highest BCUT2D eigenvalue weighted by molar-refractivity contribution is 7.80. The van der Waals surface area contributed by atoms with E-state index in [9.17, 15) is 4.79 Å². The topological polar surface area (TPSA) is 29.1 Å². The number of carbonyl (C=O) groups is 1. The van der Waals surface area contributed by atoms with Gasteiger partial charge in [-0.3, -0.25) is 4.79 Å². The summed E-state index contributed by atoms with van der Waals surface area (Å²) in [4.78, 5) is 11.2. The standard InChI is InChI=1S/C10H13NOS/c12-10(11-6-7-13)8-9-4-2-1-3-5-9/h1-5,13H,6-8H2,(H,11,12). The van der Waals surface area contributed by atoms with Gasteiger partial charge in [-0.2, -0.15) is 12.6 Å². The maximum Gasteiger partial charge on any atom is 0.224 e. The number of rotatable bonds is 4. The molecule has 13 heavy (non-hydrogen) atoms. The van der Waals surface area contributed by atoms with Crippen molar-refractivity contribution in [2.45, 2.75) is 6.42 Å². The van der Waals surface area contributed by atoms with E-state index in [2.05, 4.69) is 17.9 Å². The summed E-state index contributed by atoms with van der Waals surface area (Å²) in [6.45, 7) is 0.634. The lowest BCUT2D eigenvalue weighted by atomic mass is 10.1. The Labute approximate surface area is 83.8 Å². The van der Waals surface area contributed by atoms with E-state index in [4.69, 9.17) is 0 Å². The van der Waals surface area contributed by atoms with Crippen LogP contribution in [-0.2, 0) is 11.2 Å². The van der Waals surface area contributed by atoms with Gasteiger partial charge in [0.1, 0.15) is 0 Å². The molecule has 70 valence electrons. The first kappa shape index (κ1) is 10.1. The molecule has 1 N–H and O–H groups in total. The van der Waals surface area contributed by atoms with E-state index in [1.165, 1.54) is 0 Å². The van der Waals surface area contributed by atoms with Gasteiger partial charge in [0.15, 0.2) is 0 Å². The Morgan fingerprint density at radius 2 is 2.00 bits per heavy atom. The molecule has 0 saturated carbocycles. The lowest BCUT2D eigenvalue weighted by Crippen LogP contribution is -2.26. The minimum atomic E-state index is 0.0558. The number of nitrogens with one attached hydrogen (secondary N) is 1. The highest BCUT2D eigenvalue weighted by atomic mass is 32.1. The Morgan fingerprint density at radius 1 is 1.31 bits per heavy atom. The largest absolute Gasteiger partial charge is 0.355 e. The Morgan fingerprint density at radius 3 is 2.62 bits per heavy atom. The molecule has 0 heterocycles. The normalized spacial score (nSPS) is 9.62. The zero-order valence-electron chi connectivity index (χ0n) is 7.36. The summed E-state index contributed by atoms with van der Waals surface area (Å²) in [7, 11) is 0. The third kappa shape index (κ3) is 3.99. The van der Waals surface area contributed by atoms with E-state index in [0.717, 1.165) is 5.56 Å². The molecular weight excluding hydrogens is 182 g/mol. The summed E-state index contributed by atoms with van der Waals surface area (Å²) in [5, 5.41) is 2.77. The molecular formula is C10H13NOS. The Bertz CT molecular complexity index is 261. The van der Waals surface area contributed by atoms with E-state index in [0.29, 0.717) is 18.7 Å². The smallest absolute Gasteiger partial charge is 0.224 e. The SMILES string of the molecule is O=C(Cc1ccccc1)NCCS. The van der Waals surface area contributed by atoms with Gasteiger partial charge in [-0.05, 0) is 5.56 Å². The summed E-state index contributed by atoms with van der Waals surface area (Å²) in [6.07, 6.45) is 0.453. The van der Waals surface area contributed by atoms with E-state index < -0.39 is 0 Å². The molecule has 0 atom stereocenters. The first-order valence-corrected chi connectivity index (χ1v) is 4.87. The van der Waals surface area contributed by atoms with Gasteiger partial charge in [0.25, 0.3) is 0 Å². The third-order valence-corrected chi connectivity index (χ3v) is 1.87. The number of thiol groups is 1. The van der Waals surface area contributed by atoms with Crippen LogP contribution in [-0.4, -0.2) is 18.2 Å². The van der Waals surface area contributed by atoms with Crippen LogP contribution < -0.4 is 5.32 Å². The molecule has 1 rings (SSSR count). The molecule has 2 nitrogen and oxygen atoms in total. The van der Waals surface area contributed by atoms with Crippen LogP contribution >= 0.6 is 12.6 Å². The van der Waals surface area contributed by atoms with Crippen LogP contribution in [0.4, 0.5) is 0 Å². The second-order valence-corrected chi connectivity index (χ2v) is 3.18. The molecule has 3 heteroatoms. The van der Waals surface area contributed by atoms with Crippen LogP contribution in [0.5, 0.6) is 0 Å². The van der Waals surface area contributed by atoms with Crippen LogP contribution in [0.15, 0.2) is 30.3 Å². The monoisotopic (exact) mass is 195 g/mol. The van der Waals surface area contributed by atoms with Crippen molar-refractivity contribution in [3.63, 3.8) is 0 Å². The van der Waals surface area contributed by atoms with Crippen molar-refractivity contribution in [2.75, 3.05) is 12.3 Å². The zero-order valence-corrected chi connectivity index (χ0v) is 8.26. The number of hydrogen-bond donors (Lipinski definition) is 2. The van der Waals surface area contributed by atoms with Gasteiger partial charge in [-0.25, -0.2) is 0 Å². The first-order chi connectivity index (χ1) is 6.33. The van der Waals surface area contributed by atoms with Crippen LogP contribution in [0.1, 0.15) is 5.56 Å². The van der Waals surface area contributed by atoms with E-state index >= 15 is 0 Å². The van der Waals surface area contributed by atoms with Crippen LogP contribution in [0.2, 0.25) is 0 Å². The first-order valence-electron chi connectivity index (χ1n) is 4.24. The molecule has 1 aromatic rings. The number of carbonyl (C=O) groups excluding carboxylic acids is 1. The molecule has 1 aromatic carbocycles. The van der Waals surface area contributed by atoms with Crippen LogP contribution in [0.25, 0.3) is 0 Å². The second-order valence-electron chi connectivity index (χ2n) is 2.74. The fourth-order valence-corrected chi connectivity index (χ4v) is 1.15. The molecule has 0 spiro atoms. The van der Waals surface area contributed by atoms with Gasteiger partial charge in [0.05, 0.1) is 6.42 Å². The average molecular weight is 195 g/mol. The highest BCUT2D eigenvalue weighted by Crippen LogP contribution is 1.98. The molecule has 0 saturated heterocycles. The van der Waals surface area contributed by atoms with Crippen LogP contribution in [0.3, 0.4) is 0 Å². The molecule has 0 aliphatic heterocycles. The van der Waals surface area contributed by atoms with Crippen LogP contribution in [0, 0.1) is 0 Å². The second kappa shape index (κ2) is 5.65. The Hall–Kier alpha value is -0.960. The van der Waals surface area contributed by atoms with Gasteiger partial charge in [0.2, 0.25) is 5.91 Å². The van der Waals surface area contributed by atoms with E-state index in [1.54, 1.807) is 0 Å². The van der Waals surface area contributed by atoms with Crippen molar-refractivity contribution in [1.29, 1.82) is 0 Å². The third-order valence-electron chi connectivity index (χ3n) is 1.64. The van der Waals surface area contributed by atoms with Gasteiger partial charge >= 0.3 is 0 Å². The fourth-order valence-electron chi connectivity index (χ4n) is 1.04. The molecule has 0 radical (unpaired) electrons. The van der Waals surface area contributed by atoms with E-state index in [-0.39, 0.29) is 5.91 Å². The zero-order chi connectivity index (χ0) is 9.52. The Balaban J connectivity index is 2.37. The molecule has 0 aromatic heterocycles. The molecule has 0 bridgehead atoms. The minimum Gasteiger partial charge on any atom is -0.355 e. The number of amides is 1. The van der Waals surface area contributed by atoms with Crippen molar-refractivity contribution in [3.05, 3.63) is 35.9 Å². The Kier molecular flexibility index (Phi) is 4.40. The lowest BCUT2D eigenvalue weighted by molar-refractivity contribution is -0.120. The quantitative estimate of drug-likeness (QED) is 0.696. The lowest BCUT2D eigenvalue weighted by Gasteiger charge is -2.02. The number of benzene rings is 1. The predicted molar refractivity (Wildman–Crippen MR) is 57.0 cm³/mol. The summed E-state index contributed by atoms with van der Waals surface area (Å²) in [6, 6.07) is 9.69.